The minimum absolute atomic E-state index is 0.0328. The molecule has 1 aliphatic heterocycles. The van der Waals surface area contributed by atoms with Gasteiger partial charge in [0.2, 0.25) is 5.91 Å². The number of carbonyl (C=O) groups excluding carboxylic acids is 2. The molecule has 2 amide bonds. The zero-order chi connectivity index (χ0) is 21.3. The number of likely N-dealkylation sites (tertiary alicyclic amines) is 1. The summed E-state index contributed by atoms with van der Waals surface area (Å²) in [6, 6.07) is 15.2. The summed E-state index contributed by atoms with van der Waals surface area (Å²) in [5.41, 5.74) is 2.22. The molecule has 1 heterocycles. The van der Waals surface area contributed by atoms with Crippen molar-refractivity contribution in [1.82, 2.24) is 10.2 Å². The predicted molar refractivity (Wildman–Crippen MR) is 116 cm³/mol. The Balaban J connectivity index is 1.32. The summed E-state index contributed by atoms with van der Waals surface area (Å²) in [7, 11) is 0. The molecule has 0 bridgehead atoms. The van der Waals surface area contributed by atoms with Gasteiger partial charge in [-0.05, 0) is 56.4 Å². The first-order valence-corrected chi connectivity index (χ1v) is 10.5. The predicted octanol–water partition coefficient (Wildman–Crippen LogP) is 4.24. The van der Waals surface area contributed by atoms with Crippen molar-refractivity contribution in [3.8, 4) is 11.5 Å². The minimum atomic E-state index is -0.338. The van der Waals surface area contributed by atoms with Crippen molar-refractivity contribution in [2.24, 2.45) is 0 Å². The normalized spacial score (nSPS) is 14.3. The van der Waals surface area contributed by atoms with E-state index in [2.05, 4.69) is 5.32 Å². The molecule has 30 heavy (non-hydrogen) atoms. The lowest BCUT2D eigenvalue weighted by Gasteiger charge is -2.31. The van der Waals surface area contributed by atoms with Gasteiger partial charge in [0, 0.05) is 25.6 Å². The van der Waals surface area contributed by atoms with Crippen LogP contribution in [0.2, 0.25) is 0 Å². The van der Waals surface area contributed by atoms with E-state index in [0.717, 1.165) is 29.7 Å². The summed E-state index contributed by atoms with van der Waals surface area (Å²) in [5.74, 6) is 1.49. The molecular formula is C24H30N2O4. The topological polar surface area (TPSA) is 67.9 Å². The molecule has 2 aromatic rings. The second-order valence-corrected chi connectivity index (χ2v) is 7.68. The van der Waals surface area contributed by atoms with Crippen molar-refractivity contribution in [3.05, 3.63) is 59.7 Å². The largest absolute Gasteiger partial charge is 0.493 e. The summed E-state index contributed by atoms with van der Waals surface area (Å²) in [6.07, 6.45) is 2.22. The highest BCUT2D eigenvalue weighted by Gasteiger charge is 2.25. The number of hydrogen-bond acceptors (Lipinski definition) is 4. The number of ether oxygens (including phenoxy) is 2. The fourth-order valence-corrected chi connectivity index (χ4v) is 3.59. The number of nitrogens with one attached hydrogen (secondary N) is 1. The summed E-state index contributed by atoms with van der Waals surface area (Å²) >= 11 is 0. The van der Waals surface area contributed by atoms with Crippen LogP contribution >= 0.6 is 0 Å². The van der Waals surface area contributed by atoms with E-state index in [9.17, 15) is 9.59 Å². The van der Waals surface area contributed by atoms with Gasteiger partial charge in [-0.15, -0.1) is 0 Å². The number of aryl methyl sites for hydroxylation is 2. The van der Waals surface area contributed by atoms with E-state index < -0.39 is 0 Å². The minimum Gasteiger partial charge on any atom is -0.493 e. The maximum Gasteiger partial charge on any atom is 0.415 e. The fraction of sp³-hybridized carbons (Fsp3) is 0.417. The third kappa shape index (κ3) is 6.24. The summed E-state index contributed by atoms with van der Waals surface area (Å²) in [4.78, 5) is 26.2. The molecule has 1 saturated heterocycles. The molecule has 1 N–H and O–H groups in total. The highest BCUT2D eigenvalue weighted by atomic mass is 16.6. The van der Waals surface area contributed by atoms with Crippen LogP contribution in [0.5, 0.6) is 11.5 Å². The Hall–Kier alpha value is -3.02. The lowest BCUT2D eigenvalue weighted by Crippen LogP contribution is -2.47. The van der Waals surface area contributed by atoms with Crippen LogP contribution in [0.25, 0.3) is 0 Å². The molecule has 0 aromatic heterocycles. The third-order valence-corrected chi connectivity index (χ3v) is 5.27. The molecule has 6 nitrogen and oxygen atoms in total. The quantitative estimate of drug-likeness (QED) is 0.693. The Labute approximate surface area is 178 Å². The van der Waals surface area contributed by atoms with Gasteiger partial charge in [0.1, 0.15) is 11.5 Å². The van der Waals surface area contributed by atoms with Crippen LogP contribution in [0.3, 0.4) is 0 Å². The van der Waals surface area contributed by atoms with Crippen LogP contribution in [0.4, 0.5) is 4.79 Å². The molecule has 3 rings (SSSR count). The number of para-hydroxylation sites is 2. The molecule has 0 atom stereocenters. The molecule has 1 fully saturated rings. The summed E-state index contributed by atoms with van der Waals surface area (Å²) < 4.78 is 11.2. The molecule has 6 heteroatoms. The second-order valence-electron chi connectivity index (χ2n) is 7.68. The molecule has 160 valence electrons. The zero-order valence-electron chi connectivity index (χ0n) is 17.7. The van der Waals surface area contributed by atoms with E-state index in [1.165, 1.54) is 0 Å². The van der Waals surface area contributed by atoms with Crippen molar-refractivity contribution < 1.29 is 19.1 Å². The molecule has 0 unspecified atom stereocenters. The Morgan fingerprint density at radius 2 is 1.67 bits per heavy atom. The monoisotopic (exact) mass is 410 g/mol. The van der Waals surface area contributed by atoms with Crippen molar-refractivity contribution in [2.45, 2.75) is 45.6 Å². The number of nitrogens with zero attached hydrogens (tertiary/aromatic N) is 1. The van der Waals surface area contributed by atoms with E-state index in [1.807, 2.05) is 50.2 Å². The van der Waals surface area contributed by atoms with E-state index >= 15 is 0 Å². The Bertz CT molecular complexity index is 825. The van der Waals surface area contributed by atoms with Crippen molar-refractivity contribution in [2.75, 3.05) is 19.7 Å². The Kier molecular flexibility index (Phi) is 7.71. The van der Waals surface area contributed by atoms with Crippen LogP contribution in [-0.4, -0.2) is 42.6 Å². The van der Waals surface area contributed by atoms with E-state index in [-0.39, 0.29) is 18.0 Å². The number of carbonyl (C=O) groups is 2. The van der Waals surface area contributed by atoms with E-state index in [4.69, 9.17) is 9.47 Å². The molecule has 0 aliphatic carbocycles. The number of benzene rings is 2. The van der Waals surface area contributed by atoms with Crippen LogP contribution < -0.4 is 14.8 Å². The van der Waals surface area contributed by atoms with Gasteiger partial charge in [0.15, 0.2) is 0 Å². The van der Waals surface area contributed by atoms with Gasteiger partial charge in [-0.25, -0.2) is 4.79 Å². The van der Waals surface area contributed by atoms with Crippen LogP contribution in [-0.2, 0) is 4.79 Å². The Morgan fingerprint density at radius 1 is 1.00 bits per heavy atom. The lowest BCUT2D eigenvalue weighted by atomic mass is 10.1. The average molecular weight is 411 g/mol. The summed E-state index contributed by atoms with van der Waals surface area (Å²) in [5, 5.41) is 3.08. The number of amides is 2. The van der Waals surface area contributed by atoms with Gasteiger partial charge in [-0.3, -0.25) is 4.79 Å². The van der Waals surface area contributed by atoms with E-state index in [0.29, 0.717) is 38.3 Å². The molecule has 2 aromatic carbocycles. The van der Waals surface area contributed by atoms with Gasteiger partial charge in [0.25, 0.3) is 0 Å². The first-order valence-electron chi connectivity index (χ1n) is 10.5. The first kappa shape index (κ1) is 21.7. The molecule has 0 saturated carbocycles. The zero-order valence-corrected chi connectivity index (χ0v) is 17.7. The SMILES string of the molecule is Cc1cccc(C)c1OCCCC(=O)NC1CCN(C(=O)Oc2ccccc2)CC1. The van der Waals surface area contributed by atoms with Gasteiger partial charge >= 0.3 is 6.09 Å². The van der Waals surface area contributed by atoms with Crippen LogP contribution in [0.1, 0.15) is 36.8 Å². The van der Waals surface area contributed by atoms with Gasteiger partial charge < -0.3 is 19.7 Å². The van der Waals surface area contributed by atoms with Gasteiger partial charge in [-0.1, -0.05) is 36.4 Å². The smallest absolute Gasteiger partial charge is 0.415 e. The molecule has 1 aliphatic rings. The van der Waals surface area contributed by atoms with Crippen molar-refractivity contribution in [3.63, 3.8) is 0 Å². The number of piperidine rings is 1. The summed E-state index contributed by atoms with van der Waals surface area (Å²) in [6.45, 7) is 5.72. The maximum absolute atomic E-state index is 12.2. The average Bonchev–Trinajstić information content (AvgIpc) is 2.74. The van der Waals surface area contributed by atoms with Gasteiger partial charge in [0.05, 0.1) is 6.61 Å². The third-order valence-electron chi connectivity index (χ3n) is 5.27. The van der Waals surface area contributed by atoms with Gasteiger partial charge in [-0.2, -0.15) is 0 Å². The molecule has 0 spiro atoms. The maximum atomic E-state index is 12.2. The number of rotatable bonds is 7. The second kappa shape index (κ2) is 10.7. The van der Waals surface area contributed by atoms with Crippen molar-refractivity contribution in [1.29, 1.82) is 0 Å². The fourth-order valence-electron chi connectivity index (χ4n) is 3.59. The standard InChI is InChI=1S/C24H30N2O4/c1-18-8-6-9-19(2)23(18)29-17-7-12-22(27)25-20-13-15-26(16-14-20)24(28)30-21-10-4-3-5-11-21/h3-6,8-11,20H,7,12-17H2,1-2H3,(H,25,27). The number of hydrogen-bond donors (Lipinski definition) is 1. The van der Waals surface area contributed by atoms with Crippen LogP contribution in [0.15, 0.2) is 48.5 Å². The molecule has 0 radical (unpaired) electrons. The highest BCUT2D eigenvalue weighted by molar-refractivity contribution is 5.76. The first-order chi connectivity index (χ1) is 14.5. The molecular weight excluding hydrogens is 380 g/mol. The van der Waals surface area contributed by atoms with Crippen molar-refractivity contribution >= 4 is 12.0 Å². The lowest BCUT2D eigenvalue weighted by molar-refractivity contribution is -0.122. The Morgan fingerprint density at radius 3 is 2.33 bits per heavy atom. The highest BCUT2D eigenvalue weighted by Crippen LogP contribution is 2.22. The van der Waals surface area contributed by atoms with Crippen LogP contribution in [0, 0.1) is 13.8 Å². The van der Waals surface area contributed by atoms with E-state index in [1.54, 1.807) is 17.0 Å².